The lowest BCUT2D eigenvalue weighted by molar-refractivity contribution is 0.103. The molecule has 1 aromatic carbocycles. The predicted molar refractivity (Wildman–Crippen MR) is 66.7 cm³/mol. The molecule has 0 aliphatic heterocycles. The number of carbonyl (C=O) groups is 1. The van der Waals surface area contributed by atoms with E-state index in [9.17, 15) is 13.6 Å². The van der Waals surface area contributed by atoms with E-state index in [0.717, 1.165) is 6.07 Å². The van der Waals surface area contributed by atoms with Crippen molar-refractivity contribution in [3.05, 3.63) is 62.8 Å². The van der Waals surface area contributed by atoms with Crippen molar-refractivity contribution in [2.24, 2.45) is 0 Å². The highest BCUT2D eigenvalue weighted by atomic mass is 79.9. The summed E-state index contributed by atoms with van der Waals surface area (Å²) in [6, 6.07) is 4.81. The Morgan fingerprint density at radius 3 is 2.67 bits per heavy atom. The summed E-state index contributed by atoms with van der Waals surface area (Å²) in [6.07, 6.45) is 1.30. The summed E-state index contributed by atoms with van der Waals surface area (Å²) in [6.45, 7) is 0. The summed E-state index contributed by atoms with van der Waals surface area (Å²) in [4.78, 5) is 15.7. The maximum Gasteiger partial charge on any atom is 0.199 e. The highest BCUT2D eigenvalue weighted by molar-refractivity contribution is 9.10. The predicted octanol–water partition coefficient (Wildman–Crippen LogP) is 4.01. The number of rotatable bonds is 2. The van der Waals surface area contributed by atoms with E-state index in [2.05, 4.69) is 20.9 Å². The summed E-state index contributed by atoms with van der Waals surface area (Å²) in [7, 11) is 0. The van der Waals surface area contributed by atoms with Crippen LogP contribution in [0.25, 0.3) is 0 Å². The minimum atomic E-state index is -0.937. The summed E-state index contributed by atoms with van der Waals surface area (Å²) >= 11 is 8.53. The number of nitrogens with zero attached hydrogens (tertiary/aromatic N) is 1. The van der Waals surface area contributed by atoms with Gasteiger partial charge in [0.05, 0.1) is 10.0 Å². The highest BCUT2D eigenvalue weighted by Gasteiger charge is 2.21. The molecule has 0 radical (unpaired) electrons. The standard InChI is InChI=1S/C12H5BrClF2NO/c13-7-1-2-8(15)10(11(7)16)12(18)6-3-4-17-9(14)5-6/h1-5H. The Labute approximate surface area is 115 Å². The second-order valence-electron chi connectivity index (χ2n) is 3.41. The Kier molecular flexibility index (Phi) is 3.73. The summed E-state index contributed by atoms with van der Waals surface area (Å²) in [5, 5.41) is 0.0802. The average Bonchev–Trinajstić information content (AvgIpc) is 2.34. The molecule has 18 heavy (non-hydrogen) atoms. The zero-order valence-electron chi connectivity index (χ0n) is 8.75. The zero-order chi connectivity index (χ0) is 13.3. The van der Waals surface area contributed by atoms with Crippen molar-refractivity contribution in [3.8, 4) is 0 Å². The average molecular weight is 333 g/mol. The number of aromatic nitrogens is 1. The quantitative estimate of drug-likeness (QED) is 0.472. The summed E-state index contributed by atoms with van der Waals surface area (Å²) in [5.41, 5.74) is -0.544. The molecule has 0 N–H and O–H groups in total. The summed E-state index contributed by atoms with van der Waals surface area (Å²) in [5.74, 6) is -2.64. The number of ketones is 1. The van der Waals surface area contributed by atoms with E-state index in [1.165, 1.54) is 24.4 Å². The van der Waals surface area contributed by atoms with Gasteiger partial charge < -0.3 is 0 Å². The Morgan fingerprint density at radius 1 is 1.28 bits per heavy atom. The van der Waals surface area contributed by atoms with E-state index in [4.69, 9.17) is 11.6 Å². The van der Waals surface area contributed by atoms with Crippen LogP contribution in [-0.2, 0) is 0 Å². The molecule has 0 saturated heterocycles. The van der Waals surface area contributed by atoms with Gasteiger partial charge in [-0.3, -0.25) is 4.79 Å². The van der Waals surface area contributed by atoms with Crippen LogP contribution in [-0.4, -0.2) is 10.8 Å². The van der Waals surface area contributed by atoms with E-state index in [1.807, 2.05) is 0 Å². The van der Waals surface area contributed by atoms with Gasteiger partial charge in [0, 0.05) is 11.8 Å². The first-order chi connectivity index (χ1) is 8.50. The van der Waals surface area contributed by atoms with Crippen LogP contribution in [0.3, 0.4) is 0 Å². The number of pyridine rings is 1. The van der Waals surface area contributed by atoms with Crippen molar-refractivity contribution in [1.82, 2.24) is 4.98 Å². The maximum atomic E-state index is 13.7. The van der Waals surface area contributed by atoms with Crippen molar-refractivity contribution in [2.45, 2.75) is 0 Å². The molecule has 1 aromatic heterocycles. The summed E-state index contributed by atoms with van der Waals surface area (Å²) < 4.78 is 27.3. The SMILES string of the molecule is O=C(c1ccnc(Cl)c1)c1c(F)ccc(Br)c1F. The van der Waals surface area contributed by atoms with Crippen molar-refractivity contribution >= 4 is 33.3 Å². The minimum absolute atomic E-state index is 0.0207. The molecular formula is C12H5BrClF2NO. The first-order valence-electron chi connectivity index (χ1n) is 4.80. The van der Waals surface area contributed by atoms with Crippen molar-refractivity contribution < 1.29 is 13.6 Å². The monoisotopic (exact) mass is 331 g/mol. The third-order valence-corrected chi connectivity index (χ3v) is 3.08. The minimum Gasteiger partial charge on any atom is -0.288 e. The number of hydrogen-bond acceptors (Lipinski definition) is 2. The van der Waals surface area contributed by atoms with Crippen LogP contribution in [0.4, 0.5) is 8.78 Å². The highest BCUT2D eigenvalue weighted by Crippen LogP contribution is 2.24. The molecule has 0 amide bonds. The Morgan fingerprint density at radius 2 is 2.00 bits per heavy atom. The third-order valence-electron chi connectivity index (χ3n) is 2.26. The molecule has 0 atom stereocenters. The van der Waals surface area contributed by atoms with Gasteiger partial charge in [-0.2, -0.15) is 0 Å². The second-order valence-corrected chi connectivity index (χ2v) is 4.66. The molecule has 0 unspecified atom stereocenters. The number of hydrogen-bond donors (Lipinski definition) is 0. The smallest absolute Gasteiger partial charge is 0.199 e. The molecular weight excluding hydrogens is 327 g/mol. The van der Waals surface area contributed by atoms with Crippen LogP contribution in [0.15, 0.2) is 34.9 Å². The van der Waals surface area contributed by atoms with Gasteiger partial charge in [0.15, 0.2) is 11.6 Å². The molecule has 0 saturated carbocycles. The normalized spacial score (nSPS) is 10.4. The molecule has 0 aliphatic carbocycles. The molecule has 0 aliphatic rings. The fraction of sp³-hybridized carbons (Fsp3) is 0. The van der Waals surface area contributed by atoms with E-state index in [-0.39, 0.29) is 15.2 Å². The van der Waals surface area contributed by atoms with Gasteiger partial charge in [-0.15, -0.1) is 0 Å². The number of benzene rings is 1. The molecule has 1 heterocycles. The van der Waals surface area contributed by atoms with Crippen LogP contribution in [0, 0.1) is 11.6 Å². The molecule has 2 nitrogen and oxygen atoms in total. The van der Waals surface area contributed by atoms with Crippen molar-refractivity contribution in [3.63, 3.8) is 0 Å². The van der Waals surface area contributed by atoms with Crippen LogP contribution < -0.4 is 0 Å². The maximum absolute atomic E-state index is 13.7. The third kappa shape index (κ3) is 2.42. The number of carbonyl (C=O) groups excluding carboxylic acids is 1. The lowest BCUT2D eigenvalue weighted by Gasteiger charge is -2.05. The van der Waals surface area contributed by atoms with Crippen LogP contribution >= 0.6 is 27.5 Å². The van der Waals surface area contributed by atoms with E-state index < -0.39 is 23.0 Å². The van der Waals surface area contributed by atoms with Crippen LogP contribution in [0.5, 0.6) is 0 Å². The van der Waals surface area contributed by atoms with Gasteiger partial charge in [-0.05, 0) is 40.2 Å². The molecule has 0 bridgehead atoms. The van der Waals surface area contributed by atoms with E-state index in [1.54, 1.807) is 0 Å². The van der Waals surface area contributed by atoms with Gasteiger partial charge in [0.1, 0.15) is 11.0 Å². The lowest BCUT2D eigenvalue weighted by Crippen LogP contribution is -2.08. The zero-order valence-corrected chi connectivity index (χ0v) is 11.1. The molecule has 2 aromatic rings. The van der Waals surface area contributed by atoms with Gasteiger partial charge in [-0.1, -0.05) is 11.6 Å². The van der Waals surface area contributed by atoms with Crippen molar-refractivity contribution in [1.29, 1.82) is 0 Å². The molecule has 6 heteroatoms. The molecule has 92 valence electrons. The Balaban J connectivity index is 2.56. The topological polar surface area (TPSA) is 30.0 Å². The first-order valence-corrected chi connectivity index (χ1v) is 5.97. The number of halogens is 4. The Bertz CT molecular complexity index is 633. The molecule has 0 spiro atoms. The second kappa shape index (κ2) is 5.12. The van der Waals surface area contributed by atoms with Gasteiger partial charge in [0.2, 0.25) is 0 Å². The lowest BCUT2D eigenvalue weighted by atomic mass is 10.0. The van der Waals surface area contributed by atoms with Gasteiger partial charge in [-0.25, -0.2) is 13.8 Å². The largest absolute Gasteiger partial charge is 0.288 e. The fourth-order valence-electron chi connectivity index (χ4n) is 1.42. The van der Waals surface area contributed by atoms with Crippen LogP contribution in [0.2, 0.25) is 5.15 Å². The molecule has 2 rings (SSSR count). The van der Waals surface area contributed by atoms with Gasteiger partial charge in [0.25, 0.3) is 0 Å². The molecule has 0 fully saturated rings. The Hall–Kier alpha value is -1.33. The van der Waals surface area contributed by atoms with E-state index in [0.29, 0.717) is 0 Å². The van der Waals surface area contributed by atoms with Crippen LogP contribution in [0.1, 0.15) is 15.9 Å². The fourth-order valence-corrected chi connectivity index (χ4v) is 1.93. The van der Waals surface area contributed by atoms with Gasteiger partial charge >= 0.3 is 0 Å². The van der Waals surface area contributed by atoms with E-state index >= 15 is 0 Å². The van der Waals surface area contributed by atoms with Crippen molar-refractivity contribution in [2.75, 3.05) is 0 Å². The first kappa shape index (κ1) is 13.1.